The van der Waals surface area contributed by atoms with Crippen LogP contribution in [0.25, 0.3) is 0 Å². The van der Waals surface area contributed by atoms with Crippen LogP contribution >= 0.6 is 0 Å². The van der Waals surface area contributed by atoms with Gasteiger partial charge in [0.2, 0.25) is 0 Å². The van der Waals surface area contributed by atoms with Crippen LogP contribution in [0.2, 0.25) is 0 Å². The number of rotatable bonds is 4. The molecule has 0 amide bonds. The normalized spacial score (nSPS) is 19.6. The summed E-state index contributed by atoms with van der Waals surface area (Å²) in [6.07, 6.45) is 2.83. The molecule has 1 aromatic carbocycles. The van der Waals surface area contributed by atoms with Gasteiger partial charge in [-0.05, 0) is 44.0 Å². The molecule has 0 aliphatic carbocycles. The Kier molecular flexibility index (Phi) is 4.95. The molecule has 1 aliphatic heterocycles. The topological polar surface area (TPSA) is 85.0 Å². The van der Waals surface area contributed by atoms with Crippen LogP contribution in [-0.2, 0) is 9.84 Å². The molecular weight excluding hydrogens is 286 g/mol. The molecule has 0 radical (unpaired) electrons. The molecule has 21 heavy (non-hydrogen) atoms. The molecule has 1 heterocycles. The smallest absolute Gasteiger partial charge is 0.179 e. The zero-order chi connectivity index (χ0) is 15.3. The van der Waals surface area contributed by atoms with E-state index in [1.165, 1.54) is 12.1 Å². The summed E-state index contributed by atoms with van der Waals surface area (Å²) < 4.78 is 24.6. The minimum atomic E-state index is -3.43. The molecule has 0 saturated carbocycles. The molecule has 1 aliphatic rings. The van der Waals surface area contributed by atoms with E-state index < -0.39 is 9.84 Å². The lowest BCUT2D eigenvalue weighted by Gasteiger charge is -2.30. The lowest BCUT2D eigenvalue weighted by molar-refractivity contribution is 0.195. The number of likely N-dealkylation sites (tertiary alicyclic amines) is 1. The molecule has 0 aromatic heterocycles. The lowest BCUT2D eigenvalue weighted by atomic mass is 10.0. The van der Waals surface area contributed by atoms with Gasteiger partial charge >= 0.3 is 0 Å². The second-order valence-electron chi connectivity index (χ2n) is 5.14. The summed E-state index contributed by atoms with van der Waals surface area (Å²) >= 11 is 0. The standard InChI is InChI=1S/C15H17N3O2S/c16-11-13-4-3-6-15(10-13)21(19,20)9-8-18-7-2-1-5-14(18)12-17/h3-4,6,10,14H,1-2,5,7-9H2. The van der Waals surface area contributed by atoms with Gasteiger partial charge in [0.1, 0.15) is 0 Å². The average molecular weight is 303 g/mol. The number of piperidine rings is 1. The summed E-state index contributed by atoms with van der Waals surface area (Å²) in [6, 6.07) is 10.1. The van der Waals surface area contributed by atoms with Crippen molar-refractivity contribution in [2.75, 3.05) is 18.8 Å². The summed E-state index contributed by atoms with van der Waals surface area (Å²) in [5.74, 6) is -0.0277. The van der Waals surface area contributed by atoms with Gasteiger partial charge in [-0.15, -0.1) is 0 Å². The summed E-state index contributed by atoms with van der Waals surface area (Å²) in [5.41, 5.74) is 0.337. The van der Waals surface area contributed by atoms with Gasteiger partial charge in [0.25, 0.3) is 0 Å². The van der Waals surface area contributed by atoms with Crippen molar-refractivity contribution in [3.8, 4) is 12.1 Å². The highest BCUT2D eigenvalue weighted by Gasteiger charge is 2.24. The third kappa shape index (κ3) is 3.81. The maximum absolute atomic E-state index is 12.3. The van der Waals surface area contributed by atoms with Crippen molar-refractivity contribution < 1.29 is 8.42 Å². The van der Waals surface area contributed by atoms with Crippen LogP contribution in [0.1, 0.15) is 24.8 Å². The zero-order valence-corrected chi connectivity index (χ0v) is 12.5. The van der Waals surface area contributed by atoms with Crippen molar-refractivity contribution in [2.24, 2.45) is 0 Å². The molecule has 6 heteroatoms. The van der Waals surface area contributed by atoms with Crippen molar-refractivity contribution >= 4 is 9.84 Å². The van der Waals surface area contributed by atoms with Crippen molar-refractivity contribution in [2.45, 2.75) is 30.2 Å². The van der Waals surface area contributed by atoms with Gasteiger partial charge in [-0.2, -0.15) is 10.5 Å². The molecule has 0 spiro atoms. The Balaban J connectivity index is 2.07. The molecule has 2 rings (SSSR count). The summed E-state index contributed by atoms with van der Waals surface area (Å²) in [4.78, 5) is 2.11. The monoisotopic (exact) mass is 303 g/mol. The van der Waals surface area contributed by atoms with E-state index in [1.54, 1.807) is 12.1 Å². The summed E-state index contributed by atoms with van der Waals surface area (Å²) in [7, 11) is -3.43. The molecule has 1 aromatic rings. The Bertz CT molecular complexity index is 686. The number of hydrogen-bond donors (Lipinski definition) is 0. The second kappa shape index (κ2) is 6.71. The Morgan fingerprint density at radius 1 is 1.29 bits per heavy atom. The number of benzene rings is 1. The van der Waals surface area contributed by atoms with Crippen LogP contribution < -0.4 is 0 Å². The SMILES string of the molecule is N#Cc1cccc(S(=O)(=O)CCN2CCCCC2C#N)c1. The first kappa shape index (κ1) is 15.5. The zero-order valence-electron chi connectivity index (χ0n) is 11.7. The van der Waals surface area contributed by atoms with E-state index in [9.17, 15) is 8.42 Å². The van der Waals surface area contributed by atoms with Gasteiger partial charge in [0.15, 0.2) is 9.84 Å². The van der Waals surface area contributed by atoms with Gasteiger partial charge in [0.05, 0.1) is 34.4 Å². The molecule has 1 unspecified atom stereocenters. The van der Waals surface area contributed by atoms with Gasteiger partial charge < -0.3 is 0 Å². The summed E-state index contributed by atoms with van der Waals surface area (Å²) in [6.45, 7) is 1.13. The van der Waals surface area contributed by atoms with Crippen LogP contribution in [0.15, 0.2) is 29.2 Å². The Morgan fingerprint density at radius 2 is 2.10 bits per heavy atom. The quantitative estimate of drug-likeness (QED) is 0.845. The van der Waals surface area contributed by atoms with Crippen molar-refractivity contribution in [3.05, 3.63) is 29.8 Å². The first-order valence-electron chi connectivity index (χ1n) is 6.93. The number of nitriles is 2. The van der Waals surface area contributed by atoms with E-state index in [0.717, 1.165) is 25.8 Å². The third-order valence-corrected chi connectivity index (χ3v) is 5.42. The minimum absolute atomic E-state index is 0.0277. The molecule has 0 bridgehead atoms. The molecule has 1 atom stereocenters. The van der Waals surface area contributed by atoms with Gasteiger partial charge in [0, 0.05) is 6.54 Å². The molecule has 110 valence electrons. The van der Waals surface area contributed by atoms with Crippen LogP contribution in [0.3, 0.4) is 0 Å². The Hall–Kier alpha value is -1.89. The van der Waals surface area contributed by atoms with E-state index >= 15 is 0 Å². The number of nitrogens with zero attached hydrogens (tertiary/aromatic N) is 3. The maximum atomic E-state index is 12.3. The number of hydrogen-bond acceptors (Lipinski definition) is 5. The third-order valence-electron chi connectivity index (χ3n) is 3.73. The van der Waals surface area contributed by atoms with E-state index in [-0.39, 0.29) is 16.7 Å². The lowest BCUT2D eigenvalue weighted by Crippen LogP contribution is -2.41. The molecule has 1 fully saturated rings. The van der Waals surface area contributed by atoms with Crippen molar-refractivity contribution in [3.63, 3.8) is 0 Å². The second-order valence-corrected chi connectivity index (χ2v) is 7.24. The highest BCUT2D eigenvalue weighted by Crippen LogP contribution is 2.18. The fourth-order valence-corrected chi connectivity index (χ4v) is 3.82. The number of sulfone groups is 1. The van der Waals surface area contributed by atoms with Crippen LogP contribution in [0, 0.1) is 22.7 Å². The van der Waals surface area contributed by atoms with Crippen LogP contribution in [-0.4, -0.2) is 38.2 Å². The van der Waals surface area contributed by atoms with Gasteiger partial charge in [-0.1, -0.05) is 6.07 Å². The van der Waals surface area contributed by atoms with Crippen molar-refractivity contribution in [1.82, 2.24) is 4.90 Å². The first-order valence-corrected chi connectivity index (χ1v) is 8.58. The highest BCUT2D eigenvalue weighted by molar-refractivity contribution is 7.91. The first-order chi connectivity index (χ1) is 10.1. The Morgan fingerprint density at radius 3 is 2.81 bits per heavy atom. The van der Waals surface area contributed by atoms with E-state index in [4.69, 9.17) is 10.5 Å². The highest BCUT2D eigenvalue weighted by atomic mass is 32.2. The fraction of sp³-hybridized carbons (Fsp3) is 0.467. The predicted octanol–water partition coefficient (Wildman–Crippen LogP) is 1.71. The van der Waals surface area contributed by atoms with E-state index in [1.807, 2.05) is 11.0 Å². The molecular formula is C15H17N3O2S. The molecule has 1 saturated heterocycles. The van der Waals surface area contributed by atoms with Crippen LogP contribution in [0.4, 0.5) is 0 Å². The maximum Gasteiger partial charge on any atom is 0.179 e. The predicted molar refractivity (Wildman–Crippen MR) is 78.0 cm³/mol. The van der Waals surface area contributed by atoms with E-state index in [2.05, 4.69) is 6.07 Å². The molecule has 0 N–H and O–H groups in total. The van der Waals surface area contributed by atoms with Crippen LogP contribution in [0.5, 0.6) is 0 Å². The largest absolute Gasteiger partial charge is 0.287 e. The minimum Gasteiger partial charge on any atom is -0.287 e. The molecule has 5 nitrogen and oxygen atoms in total. The average Bonchev–Trinajstić information content (AvgIpc) is 2.53. The van der Waals surface area contributed by atoms with Gasteiger partial charge in [-0.25, -0.2) is 8.42 Å². The van der Waals surface area contributed by atoms with Crippen molar-refractivity contribution in [1.29, 1.82) is 10.5 Å². The van der Waals surface area contributed by atoms with E-state index in [0.29, 0.717) is 12.1 Å². The summed E-state index contributed by atoms with van der Waals surface area (Å²) in [5, 5.41) is 17.9. The fourth-order valence-electron chi connectivity index (χ4n) is 2.52. The van der Waals surface area contributed by atoms with Gasteiger partial charge in [-0.3, -0.25) is 4.90 Å². The Labute approximate surface area is 125 Å².